The second kappa shape index (κ2) is 5.54. The molecule has 0 bridgehead atoms. The number of nitrogens with zero attached hydrogens (tertiary/aromatic N) is 4. The summed E-state index contributed by atoms with van der Waals surface area (Å²) in [6.07, 6.45) is -0.401. The minimum atomic E-state index is -0.401. The summed E-state index contributed by atoms with van der Waals surface area (Å²) in [6, 6.07) is 14.5. The Kier molecular flexibility index (Phi) is 3.35. The Morgan fingerprint density at radius 3 is 2.75 bits per heavy atom. The molecule has 0 fully saturated rings. The predicted molar refractivity (Wildman–Crippen MR) is 85.8 cm³/mol. The molecule has 4 rings (SSSR count). The monoisotopic (exact) mass is 322 g/mol. The lowest BCUT2D eigenvalue weighted by atomic mass is 9.99. The van der Waals surface area contributed by atoms with Crippen LogP contribution in [-0.2, 0) is 11.3 Å². The van der Waals surface area contributed by atoms with E-state index >= 15 is 0 Å². The van der Waals surface area contributed by atoms with Crippen LogP contribution in [0.15, 0.2) is 48.5 Å². The summed E-state index contributed by atoms with van der Waals surface area (Å²) < 4.78 is 7.93. The van der Waals surface area contributed by atoms with Gasteiger partial charge in [-0.1, -0.05) is 30.3 Å². The fourth-order valence-electron chi connectivity index (χ4n) is 3.03. The highest BCUT2D eigenvalue weighted by Gasteiger charge is 2.28. The van der Waals surface area contributed by atoms with Crippen LogP contribution in [0.5, 0.6) is 0 Å². The maximum Gasteiger partial charge on any atom is 0.269 e. The fourth-order valence-corrected chi connectivity index (χ4v) is 3.03. The first-order valence-electron chi connectivity index (χ1n) is 7.51. The van der Waals surface area contributed by atoms with Crippen molar-refractivity contribution in [3.8, 4) is 5.69 Å². The molecule has 2 aromatic carbocycles. The van der Waals surface area contributed by atoms with Crippen LogP contribution in [0.2, 0.25) is 0 Å². The summed E-state index contributed by atoms with van der Waals surface area (Å²) in [4.78, 5) is 10.8. The van der Waals surface area contributed by atoms with Gasteiger partial charge >= 0.3 is 0 Å². The summed E-state index contributed by atoms with van der Waals surface area (Å²) in [5, 5.41) is 19.5. The third kappa shape index (κ3) is 2.26. The Labute approximate surface area is 137 Å². The van der Waals surface area contributed by atoms with E-state index in [0.29, 0.717) is 5.82 Å². The van der Waals surface area contributed by atoms with Gasteiger partial charge in [-0.15, -0.1) is 10.2 Å². The third-order valence-corrected chi connectivity index (χ3v) is 4.12. The van der Waals surface area contributed by atoms with Crippen molar-refractivity contribution < 1.29 is 9.66 Å². The van der Waals surface area contributed by atoms with Gasteiger partial charge in [-0.25, -0.2) is 0 Å². The van der Waals surface area contributed by atoms with Gasteiger partial charge in [0.1, 0.15) is 18.5 Å². The SMILES string of the molecule is Cc1nnc2n1-c1ccc([N+](=O)[O-])cc1C(c1ccccc1)OC2. The number of rotatable bonds is 2. The van der Waals surface area contributed by atoms with Gasteiger partial charge in [0.2, 0.25) is 0 Å². The standard InChI is InChI=1S/C17H14N4O3/c1-11-18-19-16-10-24-17(12-5-3-2-4-6-12)14-9-13(21(22)23)7-8-15(14)20(11)16/h2-9,17H,10H2,1H3. The Balaban J connectivity index is 1.96. The average molecular weight is 322 g/mol. The van der Waals surface area contributed by atoms with E-state index in [2.05, 4.69) is 10.2 Å². The lowest BCUT2D eigenvalue weighted by Crippen LogP contribution is -2.07. The number of benzene rings is 2. The van der Waals surface area contributed by atoms with E-state index in [0.717, 1.165) is 22.6 Å². The maximum atomic E-state index is 11.2. The normalized spacial score (nSPS) is 16.1. The topological polar surface area (TPSA) is 83.1 Å². The molecule has 1 aliphatic heterocycles. The first-order valence-corrected chi connectivity index (χ1v) is 7.51. The van der Waals surface area contributed by atoms with Gasteiger partial charge in [0.15, 0.2) is 5.82 Å². The Morgan fingerprint density at radius 2 is 2.00 bits per heavy atom. The molecule has 7 nitrogen and oxygen atoms in total. The van der Waals surface area contributed by atoms with Crippen LogP contribution in [0.4, 0.5) is 5.69 Å². The highest BCUT2D eigenvalue weighted by atomic mass is 16.6. The van der Waals surface area contributed by atoms with Crippen molar-refractivity contribution >= 4 is 5.69 Å². The van der Waals surface area contributed by atoms with E-state index in [-0.39, 0.29) is 12.3 Å². The van der Waals surface area contributed by atoms with Crippen molar-refractivity contribution in [1.29, 1.82) is 0 Å². The number of hydrogen-bond acceptors (Lipinski definition) is 5. The van der Waals surface area contributed by atoms with Crippen molar-refractivity contribution in [1.82, 2.24) is 14.8 Å². The minimum absolute atomic E-state index is 0.0347. The van der Waals surface area contributed by atoms with Crippen molar-refractivity contribution in [2.24, 2.45) is 0 Å². The number of ether oxygens (including phenoxy) is 1. The van der Waals surface area contributed by atoms with E-state index in [1.807, 2.05) is 41.8 Å². The van der Waals surface area contributed by atoms with Gasteiger partial charge in [0, 0.05) is 17.7 Å². The number of aryl methyl sites for hydroxylation is 1. The number of aromatic nitrogens is 3. The Hall–Kier alpha value is -3.06. The van der Waals surface area contributed by atoms with E-state index in [9.17, 15) is 10.1 Å². The molecular formula is C17H14N4O3. The number of nitro groups is 1. The molecule has 24 heavy (non-hydrogen) atoms. The van der Waals surface area contributed by atoms with E-state index in [1.54, 1.807) is 12.1 Å². The molecule has 1 unspecified atom stereocenters. The van der Waals surface area contributed by atoms with Crippen LogP contribution < -0.4 is 0 Å². The van der Waals surface area contributed by atoms with Gasteiger partial charge in [0.25, 0.3) is 5.69 Å². The summed E-state index contributed by atoms with van der Waals surface area (Å²) in [7, 11) is 0. The van der Waals surface area contributed by atoms with Gasteiger partial charge in [-0.2, -0.15) is 0 Å². The number of nitro benzene ring substituents is 1. The second-order valence-electron chi connectivity index (χ2n) is 5.60. The second-order valence-corrected chi connectivity index (χ2v) is 5.60. The van der Waals surface area contributed by atoms with E-state index < -0.39 is 11.0 Å². The Bertz CT molecular complexity index is 921. The van der Waals surface area contributed by atoms with Crippen LogP contribution in [0.25, 0.3) is 5.69 Å². The van der Waals surface area contributed by atoms with Crippen LogP contribution in [0, 0.1) is 17.0 Å². The molecule has 1 aromatic heterocycles. The third-order valence-electron chi connectivity index (χ3n) is 4.12. The van der Waals surface area contributed by atoms with Crippen molar-refractivity contribution in [3.63, 3.8) is 0 Å². The largest absolute Gasteiger partial charge is 0.361 e. The molecule has 0 radical (unpaired) electrons. The predicted octanol–water partition coefficient (Wildman–Crippen LogP) is 3.10. The lowest BCUT2D eigenvalue weighted by molar-refractivity contribution is -0.385. The molecule has 0 spiro atoms. The molecule has 3 aromatic rings. The quantitative estimate of drug-likeness (QED) is 0.535. The van der Waals surface area contributed by atoms with E-state index in [4.69, 9.17) is 4.74 Å². The average Bonchev–Trinajstić information content (AvgIpc) is 2.87. The molecule has 0 saturated heterocycles. The smallest absolute Gasteiger partial charge is 0.269 e. The highest BCUT2D eigenvalue weighted by molar-refractivity contribution is 5.53. The molecule has 0 N–H and O–H groups in total. The summed E-state index contributed by atoms with van der Waals surface area (Å²) in [5.41, 5.74) is 2.52. The first-order chi connectivity index (χ1) is 11.6. The summed E-state index contributed by atoms with van der Waals surface area (Å²) in [5.74, 6) is 1.40. The molecule has 120 valence electrons. The molecule has 2 heterocycles. The fraction of sp³-hybridized carbons (Fsp3) is 0.176. The van der Waals surface area contributed by atoms with Crippen LogP contribution in [0.3, 0.4) is 0 Å². The van der Waals surface area contributed by atoms with Gasteiger partial charge in [0.05, 0.1) is 10.6 Å². The zero-order chi connectivity index (χ0) is 16.7. The molecule has 0 amide bonds. The minimum Gasteiger partial charge on any atom is -0.361 e. The van der Waals surface area contributed by atoms with Crippen LogP contribution in [0.1, 0.15) is 28.9 Å². The number of non-ortho nitro benzene ring substituents is 1. The Morgan fingerprint density at radius 1 is 1.21 bits per heavy atom. The zero-order valence-corrected chi connectivity index (χ0v) is 12.9. The lowest BCUT2D eigenvalue weighted by Gasteiger charge is -2.18. The molecule has 1 aliphatic rings. The van der Waals surface area contributed by atoms with E-state index in [1.165, 1.54) is 6.07 Å². The first kappa shape index (κ1) is 14.5. The summed E-state index contributed by atoms with van der Waals surface area (Å²) in [6.45, 7) is 2.13. The molecular weight excluding hydrogens is 308 g/mol. The maximum absolute atomic E-state index is 11.2. The van der Waals surface area contributed by atoms with Crippen molar-refractivity contribution in [2.75, 3.05) is 0 Å². The highest BCUT2D eigenvalue weighted by Crippen LogP contribution is 2.36. The summed E-state index contributed by atoms with van der Waals surface area (Å²) >= 11 is 0. The molecule has 0 saturated carbocycles. The molecule has 0 aliphatic carbocycles. The zero-order valence-electron chi connectivity index (χ0n) is 12.9. The van der Waals surface area contributed by atoms with Crippen molar-refractivity contribution in [3.05, 3.63) is 81.4 Å². The van der Waals surface area contributed by atoms with Gasteiger partial charge in [-0.3, -0.25) is 14.7 Å². The van der Waals surface area contributed by atoms with Gasteiger partial charge in [-0.05, 0) is 18.6 Å². The number of hydrogen-bond donors (Lipinski definition) is 0. The van der Waals surface area contributed by atoms with Crippen LogP contribution in [-0.4, -0.2) is 19.7 Å². The van der Waals surface area contributed by atoms with Gasteiger partial charge < -0.3 is 4.74 Å². The molecule has 7 heteroatoms. The van der Waals surface area contributed by atoms with Crippen LogP contribution >= 0.6 is 0 Å². The van der Waals surface area contributed by atoms with Crippen molar-refractivity contribution in [2.45, 2.75) is 19.6 Å². The molecule has 1 atom stereocenters. The number of fused-ring (bicyclic) bond motifs is 3.